The third kappa shape index (κ3) is 1.88. The number of Topliss-reactive ketones (excluding diaryl/α,β-unsaturated/α-hetero) is 1. The van der Waals surface area contributed by atoms with Crippen LogP contribution < -0.4 is 0 Å². The van der Waals surface area contributed by atoms with E-state index in [1.54, 1.807) is 20.8 Å². The van der Waals surface area contributed by atoms with Gasteiger partial charge in [-0.1, -0.05) is 6.92 Å². The van der Waals surface area contributed by atoms with E-state index >= 15 is 0 Å². The number of ketones is 1. The maximum absolute atomic E-state index is 11.3. The van der Waals surface area contributed by atoms with Crippen LogP contribution in [-0.2, 0) is 19.1 Å². The second-order valence-corrected chi connectivity index (χ2v) is 2.84. The molecule has 4 heteroatoms. The zero-order valence-corrected chi connectivity index (χ0v) is 7.92. The third-order valence-corrected chi connectivity index (χ3v) is 1.77. The van der Waals surface area contributed by atoms with Crippen molar-refractivity contribution < 1.29 is 19.1 Å². The van der Waals surface area contributed by atoms with Crippen LogP contribution >= 0.6 is 0 Å². The molecular weight excluding hydrogens is 172 g/mol. The average Bonchev–Trinajstić information content (AvgIpc) is 2.32. The molecule has 13 heavy (non-hydrogen) atoms. The molecule has 1 heterocycles. The Labute approximate surface area is 76.5 Å². The molecule has 1 aliphatic rings. The van der Waals surface area contributed by atoms with Gasteiger partial charge < -0.3 is 9.47 Å². The van der Waals surface area contributed by atoms with E-state index in [9.17, 15) is 9.59 Å². The Morgan fingerprint density at radius 2 is 2.23 bits per heavy atom. The largest absolute Gasteiger partial charge is 0.483 e. The molecule has 0 aliphatic carbocycles. The minimum Gasteiger partial charge on any atom is -0.483 e. The Hall–Kier alpha value is -1.32. The van der Waals surface area contributed by atoms with Crippen molar-refractivity contribution in [3.8, 4) is 0 Å². The van der Waals surface area contributed by atoms with Gasteiger partial charge in [0.2, 0.25) is 11.5 Å². The number of esters is 1. The van der Waals surface area contributed by atoms with Crippen molar-refractivity contribution in [2.45, 2.75) is 33.3 Å². The summed E-state index contributed by atoms with van der Waals surface area (Å²) in [6.45, 7) is 4.90. The molecule has 0 aromatic heterocycles. The maximum Gasteiger partial charge on any atom is 0.311 e. The molecule has 72 valence electrons. The highest BCUT2D eigenvalue weighted by atomic mass is 16.6. The Kier molecular flexibility index (Phi) is 2.70. The molecule has 0 saturated carbocycles. The lowest BCUT2D eigenvalue weighted by Crippen LogP contribution is -2.16. The molecule has 1 rings (SSSR count). The normalized spacial score (nSPS) is 21.8. The zero-order chi connectivity index (χ0) is 10.0. The number of ether oxygens (including phenoxy) is 2. The summed E-state index contributed by atoms with van der Waals surface area (Å²) in [6, 6.07) is 0. The lowest BCUT2D eigenvalue weighted by molar-refractivity contribution is -0.142. The minimum atomic E-state index is -0.528. The summed E-state index contributed by atoms with van der Waals surface area (Å²) in [5.74, 6) is -0.238. The van der Waals surface area contributed by atoms with E-state index in [0.717, 1.165) is 0 Å². The molecule has 0 N–H and O–H groups in total. The number of allylic oxidation sites excluding steroid dienone is 1. The SMILES string of the molecule is CCC(=O)OC1=C(C)OC(C)C1=O. The van der Waals surface area contributed by atoms with E-state index in [1.807, 2.05) is 0 Å². The van der Waals surface area contributed by atoms with Gasteiger partial charge in [-0.15, -0.1) is 0 Å². The summed E-state index contributed by atoms with van der Waals surface area (Å²) in [5, 5.41) is 0. The summed E-state index contributed by atoms with van der Waals surface area (Å²) in [5.41, 5.74) is 0. The summed E-state index contributed by atoms with van der Waals surface area (Å²) in [4.78, 5) is 22.2. The van der Waals surface area contributed by atoms with Crippen molar-refractivity contribution in [1.82, 2.24) is 0 Å². The van der Waals surface area contributed by atoms with Crippen LogP contribution in [-0.4, -0.2) is 17.9 Å². The highest BCUT2D eigenvalue weighted by Crippen LogP contribution is 2.22. The van der Waals surface area contributed by atoms with Crippen molar-refractivity contribution >= 4 is 11.8 Å². The van der Waals surface area contributed by atoms with Gasteiger partial charge in [0, 0.05) is 6.42 Å². The molecule has 0 aromatic rings. The first-order valence-corrected chi connectivity index (χ1v) is 4.18. The summed E-state index contributed by atoms with van der Waals surface area (Å²) in [6.07, 6.45) is -0.280. The molecule has 0 fully saturated rings. The van der Waals surface area contributed by atoms with Crippen molar-refractivity contribution in [1.29, 1.82) is 0 Å². The molecule has 0 amide bonds. The number of hydrogen-bond acceptors (Lipinski definition) is 4. The molecule has 0 aromatic carbocycles. The van der Waals surface area contributed by atoms with Crippen LogP contribution in [0.25, 0.3) is 0 Å². The smallest absolute Gasteiger partial charge is 0.311 e. The first kappa shape index (κ1) is 9.77. The fourth-order valence-corrected chi connectivity index (χ4v) is 1.04. The maximum atomic E-state index is 11.3. The standard InChI is InChI=1S/C9H12O4/c1-4-7(10)13-9-6(3)12-5(2)8(9)11/h5H,4H2,1-3H3. The zero-order valence-electron chi connectivity index (χ0n) is 7.92. The van der Waals surface area contributed by atoms with Crippen LogP contribution in [0, 0.1) is 0 Å². The second kappa shape index (κ2) is 3.60. The van der Waals surface area contributed by atoms with Gasteiger partial charge in [-0.05, 0) is 13.8 Å². The van der Waals surface area contributed by atoms with E-state index in [-0.39, 0.29) is 18.0 Å². The van der Waals surface area contributed by atoms with Gasteiger partial charge in [0.15, 0.2) is 6.10 Å². The number of rotatable bonds is 2. The van der Waals surface area contributed by atoms with E-state index in [1.165, 1.54) is 0 Å². The minimum absolute atomic E-state index is 0.0550. The third-order valence-electron chi connectivity index (χ3n) is 1.77. The molecule has 1 atom stereocenters. The molecule has 1 unspecified atom stereocenters. The van der Waals surface area contributed by atoms with E-state index in [2.05, 4.69) is 0 Å². The number of hydrogen-bond donors (Lipinski definition) is 0. The molecule has 0 radical (unpaired) electrons. The summed E-state index contributed by atoms with van der Waals surface area (Å²) in [7, 11) is 0. The second-order valence-electron chi connectivity index (χ2n) is 2.84. The summed E-state index contributed by atoms with van der Waals surface area (Å²) >= 11 is 0. The predicted molar refractivity (Wildman–Crippen MR) is 44.6 cm³/mol. The Morgan fingerprint density at radius 1 is 1.62 bits per heavy atom. The highest BCUT2D eigenvalue weighted by molar-refractivity contribution is 6.00. The highest BCUT2D eigenvalue weighted by Gasteiger charge is 2.32. The van der Waals surface area contributed by atoms with Crippen LogP contribution in [0.5, 0.6) is 0 Å². The van der Waals surface area contributed by atoms with Gasteiger partial charge in [-0.3, -0.25) is 9.59 Å². The fourth-order valence-electron chi connectivity index (χ4n) is 1.04. The van der Waals surface area contributed by atoms with Gasteiger partial charge in [0.1, 0.15) is 5.76 Å². The Bertz CT molecular complexity index is 277. The topological polar surface area (TPSA) is 52.6 Å². The van der Waals surface area contributed by atoms with Crippen LogP contribution in [0.3, 0.4) is 0 Å². The van der Waals surface area contributed by atoms with E-state index < -0.39 is 12.1 Å². The van der Waals surface area contributed by atoms with Crippen LogP contribution in [0.15, 0.2) is 11.5 Å². The lowest BCUT2D eigenvalue weighted by Gasteiger charge is -2.00. The van der Waals surface area contributed by atoms with Crippen molar-refractivity contribution in [2.75, 3.05) is 0 Å². The Balaban J connectivity index is 2.74. The Morgan fingerprint density at radius 3 is 2.62 bits per heavy atom. The monoisotopic (exact) mass is 184 g/mol. The van der Waals surface area contributed by atoms with E-state index in [0.29, 0.717) is 5.76 Å². The molecular formula is C9H12O4. The van der Waals surface area contributed by atoms with Crippen LogP contribution in [0.2, 0.25) is 0 Å². The van der Waals surface area contributed by atoms with Crippen molar-refractivity contribution in [3.05, 3.63) is 11.5 Å². The number of carbonyl (C=O) groups is 2. The van der Waals surface area contributed by atoms with Crippen LogP contribution in [0.1, 0.15) is 27.2 Å². The van der Waals surface area contributed by atoms with Gasteiger partial charge >= 0.3 is 5.97 Å². The number of carbonyl (C=O) groups excluding carboxylic acids is 2. The molecule has 1 aliphatic heterocycles. The molecule has 0 bridgehead atoms. The fraction of sp³-hybridized carbons (Fsp3) is 0.556. The first-order valence-electron chi connectivity index (χ1n) is 4.18. The quantitative estimate of drug-likeness (QED) is 0.604. The first-order chi connectivity index (χ1) is 6.06. The molecule has 0 saturated heterocycles. The molecule has 0 spiro atoms. The molecule has 4 nitrogen and oxygen atoms in total. The predicted octanol–water partition coefficient (Wildman–Crippen LogP) is 1.16. The lowest BCUT2D eigenvalue weighted by atomic mass is 10.2. The van der Waals surface area contributed by atoms with Gasteiger partial charge in [0.25, 0.3) is 0 Å². The van der Waals surface area contributed by atoms with Gasteiger partial charge in [-0.25, -0.2) is 0 Å². The van der Waals surface area contributed by atoms with Gasteiger partial charge in [-0.2, -0.15) is 0 Å². The van der Waals surface area contributed by atoms with E-state index in [4.69, 9.17) is 9.47 Å². The summed E-state index contributed by atoms with van der Waals surface area (Å²) < 4.78 is 9.91. The average molecular weight is 184 g/mol. The van der Waals surface area contributed by atoms with Crippen LogP contribution in [0.4, 0.5) is 0 Å². The van der Waals surface area contributed by atoms with Crippen molar-refractivity contribution in [3.63, 3.8) is 0 Å². The van der Waals surface area contributed by atoms with Crippen molar-refractivity contribution in [2.24, 2.45) is 0 Å². The van der Waals surface area contributed by atoms with Gasteiger partial charge in [0.05, 0.1) is 0 Å².